The minimum absolute atomic E-state index is 0.150. The number of hydrogen-bond donors (Lipinski definition) is 0. The summed E-state index contributed by atoms with van der Waals surface area (Å²) >= 11 is 0. The van der Waals surface area contributed by atoms with Gasteiger partial charge in [-0.25, -0.2) is 9.50 Å². The van der Waals surface area contributed by atoms with E-state index in [9.17, 15) is 4.79 Å². The molecule has 0 N–H and O–H groups in total. The Kier molecular flexibility index (Phi) is 2.14. The lowest BCUT2D eigenvalue weighted by molar-refractivity contribution is -0.146. The molecule has 0 bridgehead atoms. The van der Waals surface area contributed by atoms with E-state index in [2.05, 4.69) is 10.1 Å². The van der Waals surface area contributed by atoms with E-state index in [1.807, 2.05) is 25.1 Å². The molecule has 0 amide bonds. The summed E-state index contributed by atoms with van der Waals surface area (Å²) in [4.78, 5) is 16.1. The second kappa shape index (κ2) is 3.55. The maximum atomic E-state index is 12.0. The molecule has 2 aromatic heterocycles. The molecule has 5 nitrogen and oxygen atoms in total. The van der Waals surface area contributed by atoms with Gasteiger partial charge in [-0.1, -0.05) is 6.07 Å². The highest BCUT2D eigenvalue weighted by Crippen LogP contribution is 2.48. The van der Waals surface area contributed by atoms with Crippen molar-refractivity contribution in [2.75, 3.05) is 6.61 Å². The van der Waals surface area contributed by atoms with Gasteiger partial charge in [-0.05, 0) is 31.9 Å². The largest absolute Gasteiger partial charge is 0.465 e. The highest BCUT2D eigenvalue weighted by molar-refractivity contribution is 5.86. The zero-order valence-electron chi connectivity index (χ0n) is 9.59. The number of carbonyl (C=O) groups is 1. The smallest absolute Gasteiger partial charge is 0.318 e. The number of rotatable bonds is 3. The van der Waals surface area contributed by atoms with Gasteiger partial charge in [-0.15, -0.1) is 0 Å². The Morgan fingerprint density at radius 1 is 1.53 bits per heavy atom. The van der Waals surface area contributed by atoms with Gasteiger partial charge in [0.05, 0.1) is 12.3 Å². The van der Waals surface area contributed by atoms with E-state index in [1.54, 1.807) is 4.52 Å². The SMILES string of the molecule is CCOC(=O)C1(c2cccc3ncnn23)CC1. The molecule has 0 aromatic carbocycles. The molecule has 0 unspecified atom stereocenters. The lowest BCUT2D eigenvalue weighted by Gasteiger charge is -2.14. The average Bonchev–Trinajstić information content (AvgIpc) is 3.00. The monoisotopic (exact) mass is 231 g/mol. The predicted molar refractivity (Wildman–Crippen MR) is 60.5 cm³/mol. The van der Waals surface area contributed by atoms with Crippen LogP contribution in [0.3, 0.4) is 0 Å². The van der Waals surface area contributed by atoms with Crippen molar-refractivity contribution in [1.82, 2.24) is 14.6 Å². The second-order valence-electron chi connectivity index (χ2n) is 4.24. The molecule has 1 fully saturated rings. The third-order valence-corrected chi connectivity index (χ3v) is 3.21. The maximum Gasteiger partial charge on any atom is 0.318 e. The van der Waals surface area contributed by atoms with E-state index in [4.69, 9.17) is 4.74 Å². The fourth-order valence-electron chi connectivity index (χ4n) is 2.17. The number of ether oxygens (including phenoxy) is 1. The third-order valence-electron chi connectivity index (χ3n) is 3.21. The fourth-order valence-corrected chi connectivity index (χ4v) is 2.17. The van der Waals surface area contributed by atoms with Crippen molar-refractivity contribution >= 4 is 11.6 Å². The zero-order chi connectivity index (χ0) is 11.9. The number of hydrogen-bond acceptors (Lipinski definition) is 4. The standard InChI is InChI=1S/C12H13N3O2/c1-2-17-11(16)12(6-7-12)9-4-3-5-10-13-8-14-15(9)10/h3-5,8H,2,6-7H2,1H3. The Hall–Kier alpha value is -1.91. The first-order valence-corrected chi connectivity index (χ1v) is 5.74. The molecule has 0 radical (unpaired) electrons. The molecule has 0 spiro atoms. The highest BCUT2D eigenvalue weighted by Gasteiger charge is 2.54. The molecule has 5 heteroatoms. The molecule has 1 aliphatic carbocycles. The van der Waals surface area contributed by atoms with E-state index in [0.717, 1.165) is 24.2 Å². The average molecular weight is 231 g/mol. The van der Waals surface area contributed by atoms with Crippen molar-refractivity contribution in [2.45, 2.75) is 25.2 Å². The topological polar surface area (TPSA) is 56.5 Å². The van der Waals surface area contributed by atoms with E-state index in [0.29, 0.717) is 6.61 Å². The molecule has 2 aromatic rings. The lowest BCUT2D eigenvalue weighted by Crippen LogP contribution is -2.25. The molecule has 2 heterocycles. The van der Waals surface area contributed by atoms with Crippen LogP contribution in [-0.4, -0.2) is 27.2 Å². The summed E-state index contributed by atoms with van der Waals surface area (Å²) in [5.74, 6) is -0.150. The van der Waals surface area contributed by atoms with Gasteiger partial charge in [-0.3, -0.25) is 4.79 Å². The molecular weight excluding hydrogens is 218 g/mol. The van der Waals surface area contributed by atoms with Crippen molar-refractivity contribution in [3.05, 3.63) is 30.2 Å². The first kappa shape index (κ1) is 10.3. The first-order chi connectivity index (χ1) is 8.28. The number of pyridine rings is 1. The van der Waals surface area contributed by atoms with E-state index in [1.165, 1.54) is 6.33 Å². The Morgan fingerprint density at radius 3 is 3.06 bits per heavy atom. The van der Waals surface area contributed by atoms with Gasteiger partial charge in [0.15, 0.2) is 5.65 Å². The predicted octanol–water partition coefficient (Wildman–Crippen LogP) is 1.32. The normalized spacial score (nSPS) is 17.0. The van der Waals surface area contributed by atoms with Gasteiger partial charge in [0.25, 0.3) is 0 Å². The summed E-state index contributed by atoms with van der Waals surface area (Å²) in [6, 6.07) is 5.70. The Labute approximate surface area is 98.4 Å². The van der Waals surface area contributed by atoms with Crippen molar-refractivity contribution < 1.29 is 9.53 Å². The van der Waals surface area contributed by atoms with Crippen LogP contribution in [0.1, 0.15) is 25.5 Å². The van der Waals surface area contributed by atoms with Crippen LogP contribution in [0.4, 0.5) is 0 Å². The van der Waals surface area contributed by atoms with Gasteiger partial charge in [0.2, 0.25) is 0 Å². The van der Waals surface area contributed by atoms with Crippen LogP contribution in [0.2, 0.25) is 0 Å². The second-order valence-corrected chi connectivity index (χ2v) is 4.24. The van der Waals surface area contributed by atoms with Crippen molar-refractivity contribution in [3.63, 3.8) is 0 Å². The lowest BCUT2D eigenvalue weighted by atomic mass is 10.0. The molecule has 17 heavy (non-hydrogen) atoms. The van der Waals surface area contributed by atoms with Gasteiger partial charge in [0, 0.05) is 0 Å². The van der Waals surface area contributed by atoms with E-state index < -0.39 is 5.41 Å². The van der Waals surface area contributed by atoms with Crippen molar-refractivity contribution in [2.24, 2.45) is 0 Å². The van der Waals surface area contributed by atoms with Crippen LogP contribution >= 0.6 is 0 Å². The summed E-state index contributed by atoms with van der Waals surface area (Å²) in [5, 5.41) is 4.17. The van der Waals surface area contributed by atoms with Crippen LogP contribution in [0.5, 0.6) is 0 Å². The molecular formula is C12H13N3O2. The molecule has 1 aliphatic rings. The van der Waals surface area contributed by atoms with E-state index >= 15 is 0 Å². The zero-order valence-corrected chi connectivity index (χ0v) is 9.59. The van der Waals surface area contributed by atoms with Crippen molar-refractivity contribution in [3.8, 4) is 0 Å². The fraction of sp³-hybridized carbons (Fsp3) is 0.417. The minimum Gasteiger partial charge on any atom is -0.465 e. The Morgan fingerprint density at radius 2 is 2.35 bits per heavy atom. The summed E-state index contributed by atoms with van der Waals surface area (Å²) < 4.78 is 6.87. The third kappa shape index (κ3) is 1.42. The molecule has 88 valence electrons. The van der Waals surface area contributed by atoms with Crippen LogP contribution < -0.4 is 0 Å². The quantitative estimate of drug-likeness (QED) is 0.748. The summed E-state index contributed by atoms with van der Waals surface area (Å²) in [6.45, 7) is 2.23. The number of aromatic nitrogens is 3. The maximum absolute atomic E-state index is 12.0. The highest BCUT2D eigenvalue weighted by atomic mass is 16.5. The molecule has 3 rings (SSSR count). The number of esters is 1. The number of carbonyl (C=O) groups excluding carboxylic acids is 1. The number of nitrogens with zero attached hydrogens (tertiary/aromatic N) is 3. The number of fused-ring (bicyclic) bond motifs is 1. The van der Waals surface area contributed by atoms with Crippen LogP contribution in [-0.2, 0) is 14.9 Å². The van der Waals surface area contributed by atoms with Gasteiger partial charge < -0.3 is 4.74 Å². The van der Waals surface area contributed by atoms with Gasteiger partial charge in [-0.2, -0.15) is 5.10 Å². The van der Waals surface area contributed by atoms with Crippen LogP contribution in [0, 0.1) is 0 Å². The molecule has 0 saturated heterocycles. The molecule has 0 aliphatic heterocycles. The summed E-state index contributed by atoms with van der Waals surface area (Å²) in [6.07, 6.45) is 3.15. The van der Waals surface area contributed by atoms with Crippen LogP contribution in [0.25, 0.3) is 5.65 Å². The minimum atomic E-state index is -0.497. The van der Waals surface area contributed by atoms with Crippen LogP contribution in [0.15, 0.2) is 24.5 Å². The van der Waals surface area contributed by atoms with Crippen molar-refractivity contribution in [1.29, 1.82) is 0 Å². The Bertz CT molecular complexity index is 572. The van der Waals surface area contributed by atoms with E-state index in [-0.39, 0.29) is 5.97 Å². The summed E-state index contributed by atoms with van der Waals surface area (Å²) in [5.41, 5.74) is 1.15. The van der Waals surface area contributed by atoms with Gasteiger partial charge >= 0.3 is 5.97 Å². The summed E-state index contributed by atoms with van der Waals surface area (Å²) in [7, 11) is 0. The Balaban J connectivity index is 2.09. The molecule has 1 saturated carbocycles. The molecule has 0 atom stereocenters. The van der Waals surface area contributed by atoms with Gasteiger partial charge in [0.1, 0.15) is 11.7 Å². The first-order valence-electron chi connectivity index (χ1n) is 5.74.